The number of benzene rings is 1. The number of anilines is 1. The lowest BCUT2D eigenvalue weighted by molar-refractivity contribution is -0.384. The van der Waals surface area contributed by atoms with Crippen LogP contribution in [0.2, 0.25) is 0 Å². The average molecular weight is 352 g/mol. The van der Waals surface area contributed by atoms with Crippen LogP contribution >= 0.6 is 31.9 Å². The van der Waals surface area contributed by atoms with Crippen molar-refractivity contribution in [2.45, 2.75) is 11.8 Å². The molecule has 0 aliphatic heterocycles. The lowest BCUT2D eigenvalue weighted by Crippen LogP contribution is -2.20. The summed E-state index contributed by atoms with van der Waals surface area (Å²) in [5.74, 6) is -0.213. The van der Waals surface area contributed by atoms with Gasteiger partial charge in [0.15, 0.2) is 0 Å². The maximum Gasteiger partial charge on any atom is 0.270 e. The maximum atomic E-state index is 11.4. The molecule has 0 aromatic heterocycles. The van der Waals surface area contributed by atoms with Crippen molar-refractivity contribution in [1.29, 1.82) is 0 Å². The van der Waals surface area contributed by atoms with E-state index in [9.17, 15) is 14.9 Å². The van der Waals surface area contributed by atoms with Crippen LogP contribution in [0, 0.1) is 10.1 Å². The average Bonchev–Trinajstić information content (AvgIpc) is 2.20. The highest BCUT2D eigenvalue weighted by Gasteiger charge is 2.13. The lowest BCUT2D eigenvalue weighted by Gasteiger charge is -2.08. The van der Waals surface area contributed by atoms with Crippen molar-refractivity contribution < 1.29 is 9.72 Å². The van der Waals surface area contributed by atoms with E-state index in [0.717, 1.165) is 0 Å². The van der Waals surface area contributed by atoms with Crippen LogP contribution in [-0.2, 0) is 4.79 Å². The topological polar surface area (TPSA) is 72.2 Å². The summed E-state index contributed by atoms with van der Waals surface area (Å²) in [6.45, 7) is 1.69. The monoisotopic (exact) mass is 350 g/mol. The highest BCUT2D eigenvalue weighted by molar-refractivity contribution is 9.10. The van der Waals surface area contributed by atoms with Gasteiger partial charge in [0, 0.05) is 16.6 Å². The predicted molar refractivity (Wildman–Crippen MR) is 67.8 cm³/mol. The molecule has 7 heteroatoms. The maximum absolute atomic E-state index is 11.4. The van der Waals surface area contributed by atoms with Crippen LogP contribution in [0.4, 0.5) is 11.4 Å². The van der Waals surface area contributed by atoms with Gasteiger partial charge in [-0.25, -0.2) is 0 Å². The van der Waals surface area contributed by atoms with Crippen LogP contribution < -0.4 is 5.32 Å². The number of rotatable bonds is 3. The summed E-state index contributed by atoms with van der Waals surface area (Å²) < 4.78 is 0.475. The van der Waals surface area contributed by atoms with Crippen molar-refractivity contribution in [1.82, 2.24) is 0 Å². The van der Waals surface area contributed by atoms with Gasteiger partial charge in [0.05, 0.1) is 15.4 Å². The third-order valence-electron chi connectivity index (χ3n) is 1.78. The van der Waals surface area contributed by atoms with Crippen LogP contribution in [0.25, 0.3) is 0 Å². The third-order valence-corrected chi connectivity index (χ3v) is 2.85. The second-order valence-corrected chi connectivity index (χ2v) is 5.25. The van der Waals surface area contributed by atoms with E-state index in [-0.39, 0.29) is 16.4 Å². The van der Waals surface area contributed by atoms with E-state index in [1.807, 2.05) is 0 Å². The van der Waals surface area contributed by atoms with Crippen molar-refractivity contribution in [3.63, 3.8) is 0 Å². The molecule has 0 saturated carbocycles. The number of nitrogens with one attached hydrogen (secondary N) is 1. The summed E-state index contributed by atoms with van der Waals surface area (Å²) in [5.41, 5.74) is 0.471. The van der Waals surface area contributed by atoms with E-state index in [0.29, 0.717) is 10.2 Å². The first-order chi connectivity index (χ1) is 7.41. The van der Waals surface area contributed by atoms with Gasteiger partial charge in [-0.1, -0.05) is 15.9 Å². The Hall–Kier alpha value is -0.950. The lowest BCUT2D eigenvalue weighted by atomic mass is 10.3. The summed E-state index contributed by atoms with van der Waals surface area (Å²) in [5, 5.41) is 13.1. The number of hydrogen-bond donors (Lipinski definition) is 1. The van der Waals surface area contributed by atoms with E-state index < -0.39 is 4.92 Å². The highest BCUT2D eigenvalue weighted by atomic mass is 79.9. The zero-order chi connectivity index (χ0) is 12.3. The summed E-state index contributed by atoms with van der Waals surface area (Å²) in [4.78, 5) is 21.0. The molecule has 1 aromatic rings. The molecule has 0 radical (unpaired) electrons. The predicted octanol–water partition coefficient (Wildman–Crippen LogP) is 3.08. The minimum atomic E-state index is -0.497. The fourth-order valence-corrected chi connectivity index (χ4v) is 1.53. The van der Waals surface area contributed by atoms with Gasteiger partial charge in [-0.3, -0.25) is 14.9 Å². The summed E-state index contributed by atoms with van der Waals surface area (Å²) in [6.07, 6.45) is 0. The first-order valence-electron chi connectivity index (χ1n) is 4.30. The number of halogens is 2. The molecule has 0 heterocycles. The van der Waals surface area contributed by atoms with Gasteiger partial charge in [0.2, 0.25) is 5.91 Å². The third kappa shape index (κ3) is 3.28. The van der Waals surface area contributed by atoms with Crippen LogP contribution in [0.3, 0.4) is 0 Å². The van der Waals surface area contributed by atoms with E-state index in [4.69, 9.17) is 0 Å². The van der Waals surface area contributed by atoms with Crippen molar-refractivity contribution in [3.8, 4) is 0 Å². The molecule has 1 N–H and O–H groups in total. The van der Waals surface area contributed by atoms with Gasteiger partial charge in [0.25, 0.3) is 5.69 Å². The first-order valence-corrected chi connectivity index (χ1v) is 6.01. The molecule has 86 valence electrons. The summed E-state index contributed by atoms with van der Waals surface area (Å²) in [7, 11) is 0. The second-order valence-electron chi connectivity index (χ2n) is 3.03. The van der Waals surface area contributed by atoms with Crippen LogP contribution in [0.15, 0.2) is 22.7 Å². The Labute approximate surface area is 109 Å². The van der Waals surface area contributed by atoms with Gasteiger partial charge in [0.1, 0.15) is 0 Å². The molecule has 16 heavy (non-hydrogen) atoms. The molecule has 0 fully saturated rings. The minimum Gasteiger partial charge on any atom is -0.324 e. The Balaban J connectivity index is 2.91. The molecular weight excluding hydrogens is 344 g/mol. The zero-order valence-corrected chi connectivity index (χ0v) is 11.4. The van der Waals surface area contributed by atoms with E-state index >= 15 is 0 Å². The Bertz CT molecular complexity index is 435. The molecule has 0 aliphatic carbocycles. The van der Waals surface area contributed by atoms with Crippen LogP contribution in [-0.4, -0.2) is 15.7 Å². The Kier molecular flexibility index (Phi) is 4.43. The quantitative estimate of drug-likeness (QED) is 0.516. The second kappa shape index (κ2) is 5.40. The van der Waals surface area contributed by atoms with E-state index in [2.05, 4.69) is 37.2 Å². The number of alkyl halides is 1. The number of amides is 1. The van der Waals surface area contributed by atoms with Gasteiger partial charge >= 0.3 is 0 Å². The number of nitro benzene ring substituents is 1. The first kappa shape index (κ1) is 13.1. The number of non-ortho nitro benzene ring substituents is 1. The number of nitro groups is 1. The smallest absolute Gasteiger partial charge is 0.270 e. The standard InChI is InChI=1S/C9H8Br2N2O3/c1-5(10)9(14)12-8-3-2-6(13(15)16)4-7(8)11/h2-5H,1H3,(H,12,14). The largest absolute Gasteiger partial charge is 0.324 e. The van der Waals surface area contributed by atoms with Crippen LogP contribution in [0.1, 0.15) is 6.92 Å². The minimum absolute atomic E-state index is 0.0308. The van der Waals surface area contributed by atoms with E-state index in [1.165, 1.54) is 18.2 Å². The summed E-state index contributed by atoms with van der Waals surface area (Å²) in [6, 6.07) is 4.16. The number of nitrogens with zero attached hydrogens (tertiary/aromatic N) is 1. The number of hydrogen-bond acceptors (Lipinski definition) is 3. The van der Waals surface area contributed by atoms with E-state index in [1.54, 1.807) is 6.92 Å². The SMILES string of the molecule is CC(Br)C(=O)Nc1ccc([N+](=O)[O-])cc1Br. The molecule has 1 atom stereocenters. The van der Waals surface area contributed by atoms with Crippen molar-refractivity contribution in [2.75, 3.05) is 5.32 Å². The molecule has 0 aliphatic rings. The van der Waals surface area contributed by atoms with Gasteiger partial charge in [-0.2, -0.15) is 0 Å². The molecule has 0 spiro atoms. The number of carbonyl (C=O) groups is 1. The fraction of sp³-hybridized carbons (Fsp3) is 0.222. The van der Waals surface area contributed by atoms with Gasteiger partial charge in [-0.05, 0) is 28.9 Å². The van der Waals surface area contributed by atoms with Crippen LogP contribution in [0.5, 0.6) is 0 Å². The highest BCUT2D eigenvalue weighted by Crippen LogP contribution is 2.27. The molecule has 1 aromatic carbocycles. The van der Waals surface area contributed by atoms with Gasteiger partial charge in [-0.15, -0.1) is 0 Å². The molecule has 1 amide bonds. The van der Waals surface area contributed by atoms with Crippen molar-refractivity contribution >= 4 is 49.1 Å². The normalized spacial score (nSPS) is 11.9. The molecular formula is C9H8Br2N2O3. The molecule has 0 saturated heterocycles. The van der Waals surface area contributed by atoms with Crippen molar-refractivity contribution in [2.24, 2.45) is 0 Å². The molecule has 5 nitrogen and oxygen atoms in total. The molecule has 1 rings (SSSR count). The molecule has 0 bridgehead atoms. The fourth-order valence-electron chi connectivity index (χ4n) is 0.951. The summed E-state index contributed by atoms with van der Waals surface area (Å²) >= 11 is 6.28. The Morgan fingerprint density at radius 1 is 1.56 bits per heavy atom. The van der Waals surface area contributed by atoms with Crippen molar-refractivity contribution in [3.05, 3.63) is 32.8 Å². The Morgan fingerprint density at radius 3 is 2.62 bits per heavy atom. The van der Waals surface area contributed by atoms with Gasteiger partial charge < -0.3 is 5.32 Å². The zero-order valence-electron chi connectivity index (χ0n) is 8.24. The molecule has 1 unspecified atom stereocenters. The number of carbonyl (C=O) groups excluding carboxylic acids is 1. The Morgan fingerprint density at radius 2 is 2.19 bits per heavy atom.